The molecule has 0 unspecified atom stereocenters. The quantitative estimate of drug-likeness (QED) is 0.129. The maximum atomic E-state index is 11.5. The van der Waals surface area contributed by atoms with Crippen LogP contribution in [-0.2, 0) is 20.7 Å². The SMILES string of the molecule is CC(=O)NCCC[C@@](O)(c1cccc(Cl)c1)[C@@H]1CCCNC1.COCCCC[C@@](O)(c1cccc(SC)c1)[C@@H]1CCCNC1. The van der Waals surface area contributed by atoms with Crippen molar-refractivity contribution in [2.75, 3.05) is 52.7 Å². The molecule has 9 heteroatoms. The highest BCUT2D eigenvalue weighted by Gasteiger charge is 2.39. The second-order valence-corrected chi connectivity index (χ2v) is 13.5. The lowest BCUT2D eigenvalue weighted by molar-refractivity contribution is -0.119. The average Bonchev–Trinajstić information content (AvgIpc) is 3.06. The Morgan fingerprint density at radius 2 is 1.55 bits per heavy atom. The van der Waals surface area contributed by atoms with Crippen LogP contribution in [0.5, 0.6) is 0 Å². The molecule has 2 aromatic rings. The first kappa shape index (κ1) is 36.8. The van der Waals surface area contributed by atoms with Crippen molar-refractivity contribution in [2.45, 2.75) is 80.8 Å². The van der Waals surface area contributed by atoms with Gasteiger partial charge in [0.1, 0.15) is 0 Å². The van der Waals surface area contributed by atoms with E-state index in [1.54, 1.807) is 18.9 Å². The van der Waals surface area contributed by atoms with E-state index < -0.39 is 11.2 Å². The fraction of sp³-hybridized carbons (Fsp3) is 0.629. The number of carbonyl (C=O) groups excluding carboxylic acids is 1. The van der Waals surface area contributed by atoms with Gasteiger partial charge < -0.3 is 30.9 Å². The molecule has 0 aromatic heterocycles. The number of hydrogen-bond acceptors (Lipinski definition) is 7. The summed E-state index contributed by atoms with van der Waals surface area (Å²) >= 11 is 7.84. The number of unbranched alkanes of at least 4 members (excludes halogenated alkanes) is 1. The van der Waals surface area contributed by atoms with Crippen LogP contribution in [0.1, 0.15) is 75.8 Å². The van der Waals surface area contributed by atoms with Crippen LogP contribution in [-0.4, -0.2) is 68.8 Å². The predicted molar refractivity (Wildman–Crippen MR) is 182 cm³/mol. The summed E-state index contributed by atoms with van der Waals surface area (Å²) in [6, 6.07) is 15.9. The number of ether oxygens (including phenoxy) is 1. The number of piperidine rings is 2. The topological polar surface area (TPSA) is 103 Å². The number of amides is 1. The lowest BCUT2D eigenvalue weighted by atomic mass is 9.74. The Morgan fingerprint density at radius 3 is 2.07 bits per heavy atom. The molecule has 5 N–H and O–H groups in total. The highest BCUT2D eigenvalue weighted by Crippen LogP contribution is 2.40. The fourth-order valence-corrected chi connectivity index (χ4v) is 7.25. The summed E-state index contributed by atoms with van der Waals surface area (Å²) in [5.41, 5.74) is 0.311. The number of carbonyl (C=O) groups is 1. The summed E-state index contributed by atoms with van der Waals surface area (Å²) in [7, 11) is 1.74. The molecule has 2 fully saturated rings. The molecule has 2 heterocycles. The largest absolute Gasteiger partial charge is 0.385 e. The minimum atomic E-state index is -0.906. The Kier molecular flexibility index (Phi) is 16.0. The minimum absolute atomic E-state index is 0.0365. The van der Waals surface area contributed by atoms with Crippen LogP contribution in [0.3, 0.4) is 0 Å². The van der Waals surface area contributed by atoms with E-state index in [1.807, 2.05) is 24.3 Å². The van der Waals surface area contributed by atoms with E-state index in [0.717, 1.165) is 95.3 Å². The Balaban J connectivity index is 0.000000240. The second kappa shape index (κ2) is 19.1. The van der Waals surface area contributed by atoms with Crippen LogP contribution in [0.2, 0.25) is 5.02 Å². The first-order chi connectivity index (χ1) is 21.2. The van der Waals surface area contributed by atoms with Crippen LogP contribution in [0.15, 0.2) is 53.4 Å². The molecule has 0 aliphatic carbocycles. The Bertz CT molecular complexity index is 1130. The fourth-order valence-electron chi connectivity index (χ4n) is 6.60. The molecule has 4 rings (SSSR count). The summed E-state index contributed by atoms with van der Waals surface area (Å²) in [5, 5.41) is 33.2. The van der Waals surface area contributed by atoms with Crippen LogP contribution in [0.4, 0.5) is 0 Å². The summed E-state index contributed by atoms with van der Waals surface area (Å²) in [4.78, 5) is 12.2. The van der Waals surface area contributed by atoms with Gasteiger partial charge in [-0.1, -0.05) is 35.9 Å². The number of halogens is 1. The highest BCUT2D eigenvalue weighted by molar-refractivity contribution is 7.98. The van der Waals surface area contributed by atoms with Crippen molar-refractivity contribution in [1.82, 2.24) is 16.0 Å². The van der Waals surface area contributed by atoms with Gasteiger partial charge in [-0.2, -0.15) is 0 Å². The molecule has 2 aliphatic rings. The van der Waals surface area contributed by atoms with Crippen molar-refractivity contribution < 1.29 is 19.7 Å². The third-order valence-electron chi connectivity index (χ3n) is 9.10. The van der Waals surface area contributed by atoms with Crippen molar-refractivity contribution in [3.8, 4) is 0 Å². The standard InChI is InChI=1S/C18H29NO2S.C17H25ClN2O2/c1-21-12-4-3-10-18(20,16-8-6-11-19-14-16)15-7-5-9-17(13-15)22-2;1-13(21)20-10-4-8-17(22,15-6-3-9-19-12-15)14-5-2-7-16(18)11-14/h5,7,9,13,16,19-20H,3-4,6,8,10-12,14H2,1-2H3;2,5,7,11,15,19,22H,3-4,6,8-10,12H2,1H3,(H,20,21)/t16-,18-;15-,17-/m11/s1. The molecule has 2 aromatic carbocycles. The summed E-state index contributed by atoms with van der Waals surface area (Å²) in [5.74, 6) is 0.420. The molecule has 7 nitrogen and oxygen atoms in total. The average molecular weight is 648 g/mol. The third-order valence-corrected chi connectivity index (χ3v) is 10.1. The molecule has 1 amide bonds. The van der Waals surface area contributed by atoms with Gasteiger partial charge in [-0.05, 0) is 113 Å². The van der Waals surface area contributed by atoms with Crippen LogP contribution in [0, 0.1) is 11.8 Å². The molecule has 2 aliphatic heterocycles. The van der Waals surface area contributed by atoms with E-state index >= 15 is 0 Å². The summed E-state index contributed by atoms with van der Waals surface area (Å²) < 4.78 is 5.15. The maximum Gasteiger partial charge on any atom is 0.216 e. The number of benzene rings is 2. The lowest BCUT2D eigenvalue weighted by Crippen LogP contribution is -2.44. The van der Waals surface area contributed by atoms with Gasteiger partial charge in [-0.25, -0.2) is 0 Å². The zero-order valence-corrected chi connectivity index (χ0v) is 28.4. The molecule has 44 heavy (non-hydrogen) atoms. The maximum absolute atomic E-state index is 11.5. The summed E-state index contributed by atoms with van der Waals surface area (Å²) in [6.07, 6.45) is 10.5. The van der Waals surface area contributed by atoms with E-state index in [9.17, 15) is 15.0 Å². The van der Waals surface area contributed by atoms with Gasteiger partial charge in [0.2, 0.25) is 5.91 Å². The molecule has 0 bridgehead atoms. The number of rotatable bonds is 14. The molecule has 246 valence electrons. The van der Waals surface area contributed by atoms with Gasteiger partial charge in [0.05, 0.1) is 11.2 Å². The molecular weight excluding hydrogens is 594 g/mol. The van der Waals surface area contributed by atoms with Crippen LogP contribution in [0.25, 0.3) is 0 Å². The second-order valence-electron chi connectivity index (χ2n) is 12.2. The van der Waals surface area contributed by atoms with Gasteiger partial charge in [0, 0.05) is 62.0 Å². The predicted octanol–water partition coefficient (Wildman–Crippen LogP) is 5.86. The van der Waals surface area contributed by atoms with Crippen molar-refractivity contribution in [3.05, 3.63) is 64.7 Å². The van der Waals surface area contributed by atoms with Gasteiger partial charge in [0.15, 0.2) is 0 Å². The Hall–Kier alpha value is -1.65. The first-order valence-electron chi connectivity index (χ1n) is 16.2. The summed E-state index contributed by atoms with van der Waals surface area (Å²) in [6.45, 7) is 6.65. The highest BCUT2D eigenvalue weighted by atomic mass is 35.5. The van der Waals surface area contributed by atoms with Crippen LogP contribution >= 0.6 is 23.4 Å². The number of aliphatic hydroxyl groups is 2. The Morgan fingerprint density at radius 1 is 0.955 bits per heavy atom. The lowest BCUT2D eigenvalue weighted by Gasteiger charge is -2.39. The minimum Gasteiger partial charge on any atom is -0.385 e. The van der Waals surface area contributed by atoms with Gasteiger partial charge in [-0.15, -0.1) is 11.8 Å². The monoisotopic (exact) mass is 647 g/mol. The molecule has 0 saturated carbocycles. The van der Waals surface area contributed by atoms with E-state index in [0.29, 0.717) is 23.9 Å². The van der Waals surface area contributed by atoms with Gasteiger partial charge in [0.25, 0.3) is 0 Å². The molecule has 0 radical (unpaired) electrons. The molecule has 2 saturated heterocycles. The van der Waals surface area contributed by atoms with Gasteiger partial charge in [-0.3, -0.25) is 4.79 Å². The van der Waals surface area contributed by atoms with E-state index in [-0.39, 0.29) is 11.8 Å². The number of methoxy groups -OCH3 is 1. The normalized spacial score (nSPS) is 21.3. The third kappa shape index (κ3) is 11.0. The van der Waals surface area contributed by atoms with Crippen molar-refractivity contribution >= 4 is 29.3 Å². The van der Waals surface area contributed by atoms with Crippen LogP contribution < -0.4 is 16.0 Å². The molecular formula is C35H54ClN3O4S. The number of nitrogens with one attached hydrogen (secondary N) is 3. The zero-order chi connectivity index (χ0) is 31.8. The first-order valence-corrected chi connectivity index (χ1v) is 17.8. The molecule has 0 spiro atoms. The van der Waals surface area contributed by atoms with E-state index in [1.165, 1.54) is 11.8 Å². The smallest absolute Gasteiger partial charge is 0.216 e. The van der Waals surface area contributed by atoms with E-state index in [4.69, 9.17) is 16.3 Å². The zero-order valence-electron chi connectivity index (χ0n) is 26.9. The van der Waals surface area contributed by atoms with Crippen molar-refractivity contribution in [3.63, 3.8) is 0 Å². The number of hydrogen-bond donors (Lipinski definition) is 5. The van der Waals surface area contributed by atoms with Gasteiger partial charge >= 0.3 is 0 Å². The van der Waals surface area contributed by atoms with E-state index in [2.05, 4.69) is 46.5 Å². The molecule has 4 atom stereocenters. The van der Waals surface area contributed by atoms with Crippen molar-refractivity contribution in [2.24, 2.45) is 11.8 Å². The Labute approximate surface area is 274 Å². The van der Waals surface area contributed by atoms with Crippen molar-refractivity contribution in [1.29, 1.82) is 0 Å². The number of thioether (sulfide) groups is 1.